The summed E-state index contributed by atoms with van der Waals surface area (Å²) in [5.41, 5.74) is -0.871. The molecule has 0 bridgehead atoms. The van der Waals surface area contributed by atoms with Crippen LogP contribution in [0.4, 0.5) is 0 Å². The minimum Gasteiger partial charge on any atom is -0.422 e. The van der Waals surface area contributed by atoms with Crippen LogP contribution in [0.1, 0.15) is 11.1 Å². The van der Waals surface area contributed by atoms with Gasteiger partial charge in [-0.05, 0) is 78.3 Å². The Bertz CT molecular complexity index is 1670. The smallest absolute Gasteiger partial charge is 0.422 e. The van der Waals surface area contributed by atoms with Crippen LogP contribution in [0.3, 0.4) is 0 Å². The Labute approximate surface area is 216 Å². The molecule has 0 radical (unpaired) electrons. The van der Waals surface area contributed by atoms with Crippen LogP contribution in [0.2, 0.25) is 0 Å². The van der Waals surface area contributed by atoms with Crippen molar-refractivity contribution in [3.05, 3.63) is 80.5 Å². The molecule has 4 aromatic rings. The lowest BCUT2D eigenvalue weighted by Crippen LogP contribution is -2.21. The van der Waals surface area contributed by atoms with Crippen LogP contribution in [-0.2, 0) is 6.42 Å². The molecule has 1 spiro atoms. The van der Waals surface area contributed by atoms with E-state index >= 15 is 0 Å². The van der Waals surface area contributed by atoms with Crippen molar-refractivity contribution in [2.24, 2.45) is 9.03 Å². The highest BCUT2D eigenvalue weighted by Gasteiger charge is 2.59. The molecule has 0 aliphatic carbocycles. The van der Waals surface area contributed by atoms with Gasteiger partial charge in [0.1, 0.15) is 11.2 Å². The highest BCUT2D eigenvalue weighted by molar-refractivity contribution is 8.23. The number of hydrogen-bond acceptors (Lipinski definition) is 9. The van der Waals surface area contributed by atoms with Gasteiger partial charge in [-0.1, -0.05) is 24.3 Å². The summed E-state index contributed by atoms with van der Waals surface area (Å²) < 4.78 is 32.4. The lowest BCUT2D eigenvalue weighted by Gasteiger charge is -2.26. The Morgan fingerprint density at radius 1 is 0.743 bits per heavy atom. The van der Waals surface area contributed by atoms with E-state index in [-0.39, 0.29) is 40.2 Å². The molecule has 0 unspecified atom stereocenters. The van der Waals surface area contributed by atoms with Crippen LogP contribution in [0.5, 0.6) is 11.5 Å². The highest BCUT2D eigenvalue weighted by Crippen LogP contribution is 2.85. The number of nitrogens with zero attached hydrogens (tertiary/aromatic N) is 2. The van der Waals surface area contributed by atoms with Crippen LogP contribution < -0.4 is 25.2 Å². The molecule has 16 heteroatoms. The first-order valence-electron chi connectivity index (χ1n) is 9.78. The quantitative estimate of drug-likeness (QED) is 0.157. The maximum Gasteiger partial charge on any atom is 0.626 e. The molecule has 0 saturated carbocycles. The van der Waals surface area contributed by atoms with E-state index in [4.69, 9.17) is 62.8 Å². The predicted molar refractivity (Wildman–Crippen MR) is 141 cm³/mol. The molecule has 2 aromatic carbocycles. The van der Waals surface area contributed by atoms with Gasteiger partial charge in [0.05, 0.1) is 21.9 Å². The fourth-order valence-corrected chi connectivity index (χ4v) is 18.7. The molecule has 2 aliphatic heterocycles. The number of rotatable bonds is 0. The van der Waals surface area contributed by atoms with Crippen molar-refractivity contribution in [2.45, 2.75) is 6.42 Å². The Morgan fingerprint density at radius 3 is 1.63 bits per heavy atom. The molecule has 2 aromatic heterocycles. The highest BCUT2D eigenvalue weighted by atomic mass is 35.9. The van der Waals surface area contributed by atoms with Crippen LogP contribution >= 0.6 is 64.8 Å². The van der Waals surface area contributed by atoms with Crippen molar-refractivity contribution >= 4 is 86.7 Å². The van der Waals surface area contributed by atoms with Crippen LogP contribution in [-0.4, -0.2) is 0 Å². The van der Waals surface area contributed by atoms with Crippen molar-refractivity contribution in [1.29, 1.82) is 0 Å². The van der Waals surface area contributed by atoms with E-state index in [2.05, 4.69) is 13.9 Å². The zero-order valence-electron chi connectivity index (χ0n) is 17.0. The Balaban J connectivity index is 1.78. The lowest BCUT2D eigenvalue weighted by molar-refractivity contribution is 0.441. The molecular weight excluding hydrogens is 601 g/mol. The van der Waals surface area contributed by atoms with Crippen LogP contribution in [0, 0.1) is 0 Å². The molecule has 0 fully saturated rings. The van der Waals surface area contributed by atoms with Gasteiger partial charge in [-0.2, -0.15) is 4.86 Å². The van der Waals surface area contributed by atoms with Gasteiger partial charge in [0.15, 0.2) is 0 Å². The van der Waals surface area contributed by atoms with Crippen molar-refractivity contribution in [3.63, 3.8) is 0 Å². The molecule has 0 amide bonds. The molecule has 1 N–H and O–H groups in total. The fraction of sp³-hybridized carbons (Fsp3) is 0.0526. The van der Waals surface area contributed by atoms with Gasteiger partial charge in [0.2, 0.25) is 11.5 Å². The van der Waals surface area contributed by atoms with E-state index in [1.165, 1.54) is 0 Å². The number of nitrogens with one attached hydrogen (secondary N) is 1. The van der Waals surface area contributed by atoms with Gasteiger partial charge in [0, 0.05) is 6.42 Å². The maximum absolute atomic E-state index is 13.1. The molecule has 180 valence electrons. The molecule has 6 rings (SSSR count). The average molecular weight is 612 g/mol. The normalized spacial score (nSPS) is 19.3. The van der Waals surface area contributed by atoms with Gasteiger partial charge >= 0.3 is 19.3 Å². The van der Waals surface area contributed by atoms with Gasteiger partial charge < -0.3 is 8.83 Å². The minimum absolute atomic E-state index is 0.0419. The zero-order chi connectivity index (χ0) is 24.6. The Kier molecular flexibility index (Phi) is 5.61. The largest absolute Gasteiger partial charge is 0.626 e. The summed E-state index contributed by atoms with van der Waals surface area (Å²) in [5, 5.41) is 0.840. The van der Waals surface area contributed by atoms with Crippen LogP contribution in [0.25, 0.3) is 21.9 Å². The van der Waals surface area contributed by atoms with Crippen molar-refractivity contribution in [1.82, 2.24) is 4.86 Å². The maximum atomic E-state index is 13.1. The molecule has 2 aliphatic rings. The second kappa shape index (κ2) is 8.24. The Hall–Kier alpha value is -1.53. The Morgan fingerprint density at radius 2 is 1.17 bits per heavy atom. The summed E-state index contributed by atoms with van der Waals surface area (Å²) in [7, 11) is -3.91. The van der Waals surface area contributed by atoms with E-state index in [1.54, 1.807) is 48.5 Å². The number of fused-ring (bicyclic) bond motifs is 6. The van der Waals surface area contributed by atoms with Gasteiger partial charge in [-0.25, -0.2) is 9.59 Å². The van der Waals surface area contributed by atoms with Crippen LogP contribution in [0.15, 0.2) is 76.0 Å². The first-order chi connectivity index (χ1) is 16.5. The summed E-state index contributed by atoms with van der Waals surface area (Å²) in [6.45, 7) is 0. The van der Waals surface area contributed by atoms with Crippen molar-refractivity contribution < 1.29 is 17.9 Å². The van der Waals surface area contributed by atoms with Crippen molar-refractivity contribution in [2.75, 3.05) is 0 Å². The third-order valence-electron chi connectivity index (χ3n) is 5.17. The molecule has 0 saturated heterocycles. The monoisotopic (exact) mass is 610 g/mol. The van der Waals surface area contributed by atoms with Gasteiger partial charge in [-0.3, -0.25) is 9.05 Å². The molecule has 4 heterocycles. The second-order valence-electron chi connectivity index (χ2n) is 7.48. The zero-order valence-corrected chi connectivity index (χ0v) is 22.7. The standard InChI is InChI=1S/C19H11Cl4N3O6P3/c20-33(21)24-34(22,23)26-35(25-33)31-16-10-5-1-3-7-14(10)29-18(27)12(16)9-13-17(32-35)11-6-2-4-8-15(11)30-19(13)28/h1-8,24H,9H2/q+1. The first kappa shape index (κ1) is 23.8. The molecular formula is C19H11Cl4N3O6P3+. The number of para-hydroxylation sites is 2. The van der Waals surface area contributed by atoms with E-state index in [0.717, 1.165) is 0 Å². The SMILES string of the molecule is O=c1oc2ccccc2c2c1Cc1c(c3ccccc3oc1=O)O[P+]1(N=P(Cl)(Cl)NP(Cl)(Cl)=N1)O2. The number of halogens is 4. The minimum atomic E-state index is -3.91. The third kappa shape index (κ3) is 4.22. The molecule has 9 nitrogen and oxygen atoms in total. The van der Waals surface area contributed by atoms with E-state index in [1.807, 2.05) is 0 Å². The molecule has 0 atom stereocenters. The van der Waals surface area contributed by atoms with Gasteiger partial charge in [-0.15, -0.1) is 0 Å². The third-order valence-corrected chi connectivity index (χ3v) is 16.7. The summed E-state index contributed by atoms with van der Waals surface area (Å²) in [4.78, 5) is 28.8. The van der Waals surface area contributed by atoms with E-state index < -0.39 is 31.1 Å². The van der Waals surface area contributed by atoms with Crippen molar-refractivity contribution in [3.8, 4) is 11.5 Å². The molecule has 35 heavy (non-hydrogen) atoms. The summed E-state index contributed by atoms with van der Waals surface area (Å²) >= 11 is 25.7. The van der Waals surface area contributed by atoms with E-state index in [0.29, 0.717) is 10.8 Å². The summed E-state index contributed by atoms with van der Waals surface area (Å²) in [5.74, 6) is -6.66. The number of benzene rings is 2. The number of hydrogen-bond donors (Lipinski definition) is 1. The average Bonchev–Trinajstić information content (AvgIpc) is 2.74. The predicted octanol–water partition coefficient (Wildman–Crippen LogP) is 8.39. The first-order valence-corrected chi connectivity index (χ1v) is 18.4. The fourth-order valence-electron chi connectivity index (χ4n) is 3.83. The topological polar surface area (TPSA) is 116 Å². The summed E-state index contributed by atoms with van der Waals surface area (Å²) in [6, 6.07) is 13.4. The van der Waals surface area contributed by atoms with E-state index in [9.17, 15) is 9.59 Å². The van der Waals surface area contributed by atoms with Gasteiger partial charge in [0.25, 0.3) is 11.8 Å². The second-order valence-corrected chi connectivity index (χ2v) is 19.9. The summed E-state index contributed by atoms with van der Waals surface area (Å²) in [6.07, 6.45) is -0.201. The lowest BCUT2D eigenvalue weighted by atomic mass is 10.0.